The molecule has 2 unspecified atom stereocenters. The Balaban J connectivity index is 1.87. The Hall–Kier alpha value is -0.520. The van der Waals surface area contributed by atoms with Crippen molar-refractivity contribution in [3.05, 3.63) is 0 Å². The zero-order valence-electron chi connectivity index (χ0n) is 10.5. The highest BCUT2D eigenvalue weighted by molar-refractivity contribution is 4.92. The van der Waals surface area contributed by atoms with E-state index in [9.17, 15) is 0 Å². The molecule has 0 radical (unpaired) electrons. The van der Waals surface area contributed by atoms with Crippen LogP contribution in [0.5, 0.6) is 0 Å². The fourth-order valence-corrected chi connectivity index (χ4v) is 3.19. The lowest BCUT2D eigenvalue weighted by atomic mass is 10.0. The van der Waals surface area contributed by atoms with Gasteiger partial charge in [-0.15, -0.1) is 12.3 Å². The number of unbranched alkanes of at least 4 members (excludes halogenated alkanes) is 1. The maximum Gasteiger partial charge on any atom is 0.0224 e. The molecule has 2 heterocycles. The summed E-state index contributed by atoms with van der Waals surface area (Å²) in [6, 6.07) is 1.61. The average molecular weight is 220 g/mol. The first kappa shape index (κ1) is 12.0. The molecule has 0 N–H and O–H groups in total. The van der Waals surface area contributed by atoms with Gasteiger partial charge in [-0.25, -0.2) is 0 Å². The second-order valence-corrected chi connectivity index (χ2v) is 5.16. The Bertz CT molecular complexity index is 256. The molecule has 0 aromatic carbocycles. The maximum atomic E-state index is 5.32. The van der Waals surface area contributed by atoms with E-state index in [4.69, 9.17) is 6.42 Å². The van der Waals surface area contributed by atoms with Crippen LogP contribution >= 0.6 is 0 Å². The van der Waals surface area contributed by atoms with Crippen LogP contribution in [0, 0.1) is 12.3 Å². The van der Waals surface area contributed by atoms with Crippen molar-refractivity contribution in [2.75, 3.05) is 26.2 Å². The van der Waals surface area contributed by atoms with Crippen LogP contribution in [0.3, 0.4) is 0 Å². The zero-order valence-corrected chi connectivity index (χ0v) is 10.5. The minimum atomic E-state index is 0.770. The van der Waals surface area contributed by atoms with Gasteiger partial charge in [-0.3, -0.25) is 9.80 Å². The lowest BCUT2D eigenvalue weighted by Crippen LogP contribution is -2.55. The molecule has 2 fully saturated rings. The molecule has 0 aromatic rings. The molecular weight excluding hydrogens is 196 g/mol. The summed E-state index contributed by atoms with van der Waals surface area (Å²) in [5, 5.41) is 0. The van der Waals surface area contributed by atoms with Gasteiger partial charge in [0.1, 0.15) is 0 Å². The van der Waals surface area contributed by atoms with E-state index in [1.165, 1.54) is 51.9 Å². The minimum Gasteiger partial charge on any atom is -0.298 e. The third-order valence-corrected chi connectivity index (χ3v) is 4.14. The van der Waals surface area contributed by atoms with Gasteiger partial charge in [0.2, 0.25) is 0 Å². The second-order valence-electron chi connectivity index (χ2n) is 5.16. The largest absolute Gasteiger partial charge is 0.298 e. The van der Waals surface area contributed by atoms with E-state index in [0.29, 0.717) is 0 Å². The van der Waals surface area contributed by atoms with Crippen molar-refractivity contribution in [2.45, 2.75) is 51.1 Å². The summed E-state index contributed by atoms with van der Waals surface area (Å²) in [5.41, 5.74) is 0. The third-order valence-electron chi connectivity index (χ3n) is 4.14. The van der Waals surface area contributed by atoms with Gasteiger partial charge >= 0.3 is 0 Å². The van der Waals surface area contributed by atoms with Gasteiger partial charge in [-0.2, -0.15) is 0 Å². The van der Waals surface area contributed by atoms with Gasteiger partial charge in [0, 0.05) is 31.6 Å². The van der Waals surface area contributed by atoms with Gasteiger partial charge in [-0.1, -0.05) is 6.92 Å². The fourth-order valence-electron chi connectivity index (χ4n) is 3.19. The molecule has 2 aliphatic heterocycles. The van der Waals surface area contributed by atoms with Crippen molar-refractivity contribution in [1.82, 2.24) is 9.80 Å². The van der Waals surface area contributed by atoms with Crippen LogP contribution in [0.1, 0.15) is 39.0 Å². The highest BCUT2D eigenvalue weighted by atomic mass is 15.3. The molecule has 2 nitrogen and oxygen atoms in total. The fraction of sp³-hybridized carbons (Fsp3) is 0.857. The highest BCUT2D eigenvalue weighted by Crippen LogP contribution is 2.25. The van der Waals surface area contributed by atoms with Crippen molar-refractivity contribution in [3.8, 4) is 12.3 Å². The summed E-state index contributed by atoms with van der Waals surface area (Å²) in [4.78, 5) is 5.38. The van der Waals surface area contributed by atoms with Crippen LogP contribution in [-0.2, 0) is 0 Å². The van der Waals surface area contributed by atoms with Crippen LogP contribution in [-0.4, -0.2) is 48.1 Å². The molecule has 2 atom stereocenters. The molecule has 2 rings (SSSR count). The second kappa shape index (κ2) is 5.70. The molecule has 2 saturated heterocycles. The Labute approximate surface area is 100.0 Å². The first-order valence-corrected chi connectivity index (χ1v) is 6.76. The van der Waals surface area contributed by atoms with E-state index in [1.807, 2.05) is 0 Å². The Morgan fingerprint density at radius 1 is 1.38 bits per heavy atom. The van der Waals surface area contributed by atoms with Crippen molar-refractivity contribution in [2.24, 2.45) is 0 Å². The number of piperazine rings is 1. The van der Waals surface area contributed by atoms with Gasteiger partial charge in [0.25, 0.3) is 0 Å². The molecule has 0 aromatic heterocycles. The predicted molar refractivity (Wildman–Crippen MR) is 68.3 cm³/mol. The zero-order chi connectivity index (χ0) is 11.4. The van der Waals surface area contributed by atoms with Crippen LogP contribution in [0.25, 0.3) is 0 Å². The van der Waals surface area contributed by atoms with Gasteiger partial charge in [0.15, 0.2) is 0 Å². The van der Waals surface area contributed by atoms with Crippen molar-refractivity contribution < 1.29 is 0 Å². The first-order chi connectivity index (χ1) is 7.85. The van der Waals surface area contributed by atoms with E-state index in [-0.39, 0.29) is 0 Å². The van der Waals surface area contributed by atoms with Crippen LogP contribution in [0.15, 0.2) is 0 Å². The summed E-state index contributed by atoms with van der Waals surface area (Å²) < 4.78 is 0. The van der Waals surface area contributed by atoms with Gasteiger partial charge in [-0.05, 0) is 38.8 Å². The molecule has 0 aliphatic carbocycles. The molecule has 2 aliphatic rings. The lowest BCUT2D eigenvalue weighted by molar-refractivity contribution is 0.0488. The Morgan fingerprint density at radius 3 is 3.00 bits per heavy atom. The third kappa shape index (κ3) is 2.59. The van der Waals surface area contributed by atoms with Gasteiger partial charge in [0.05, 0.1) is 0 Å². The number of rotatable bonds is 4. The Kier molecular flexibility index (Phi) is 4.26. The number of terminal acetylenes is 1. The Morgan fingerprint density at radius 2 is 2.25 bits per heavy atom. The van der Waals surface area contributed by atoms with E-state index in [2.05, 4.69) is 22.6 Å². The molecule has 2 heteroatoms. The minimum absolute atomic E-state index is 0.770. The smallest absolute Gasteiger partial charge is 0.0224 e. The SMILES string of the molecule is C#CCCCN1CC2CCCN2CC1CC. The quantitative estimate of drug-likeness (QED) is 0.528. The highest BCUT2D eigenvalue weighted by Gasteiger charge is 2.34. The molecule has 0 amide bonds. The van der Waals surface area contributed by atoms with Crippen molar-refractivity contribution in [3.63, 3.8) is 0 Å². The lowest BCUT2D eigenvalue weighted by Gasteiger charge is -2.43. The number of hydrogen-bond acceptors (Lipinski definition) is 2. The van der Waals surface area contributed by atoms with Crippen molar-refractivity contribution >= 4 is 0 Å². The van der Waals surface area contributed by atoms with E-state index in [1.54, 1.807) is 0 Å². The van der Waals surface area contributed by atoms with E-state index >= 15 is 0 Å². The van der Waals surface area contributed by atoms with E-state index < -0.39 is 0 Å². The van der Waals surface area contributed by atoms with Crippen LogP contribution in [0.4, 0.5) is 0 Å². The number of hydrogen-bond donors (Lipinski definition) is 0. The first-order valence-electron chi connectivity index (χ1n) is 6.76. The molecule has 0 bridgehead atoms. The van der Waals surface area contributed by atoms with E-state index in [0.717, 1.165) is 18.5 Å². The standard InChI is InChI=1S/C14H24N2/c1-3-5-6-9-15-12-14-8-7-10-16(14)11-13(15)4-2/h1,13-14H,4-12H2,2H3. The average Bonchev–Trinajstić information content (AvgIpc) is 2.75. The molecular formula is C14H24N2. The van der Waals surface area contributed by atoms with Crippen LogP contribution in [0.2, 0.25) is 0 Å². The maximum absolute atomic E-state index is 5.32. The molecule has 90 valence electrons. The summed E-state index contributed by atoms with van der Waals surface area (Å²) in [7, 11) is 0. The normalized spacial score (nSPS) is 31.2. The summed E-state index contributed by atoms with van der Waals surface area (Å²) in [6.07, 6.45) is 11.5. The topological polar surface area (TPSA) is 6.48 Å². The number of fused-ring (bicyclic) bond motifs is 1. The molecule has 0 saturated carbocycles. The van der Waals surface area contributed by atoms with Crippen molar-refractivity contribution in [1.29, 1.82) is 0 Å². The number of nitrogens with zero attached hydrogens (tertiary/aromatic N) is 2. The predicted octanol–water partition coefficient (Wildman–Crippen LogP) is 1.96. The molecule has 0 spiro atoms. The van der Waals surface area contributed by atoms with Gasteiger partial charge < -0.3 is 0 Å². The summed E-state index contributed by atoms with van der Waals surface area (Å²) in [5.74, 6) is 2.75. The van der Waals surface area contributed by atoms with Crippen LogP contribution < -0.4 is 0 Å². The summed E-state index contributed by atoms with van der Waals surface area (Å²) >= 11 is 0. The molecule has 16 heavy (non-hydrogen) atoms. The summed E-state index contributed by atoms with van der Waals surface area (Å²) in [6.45, 7) is 7.42. The monoisotopic (exact) mass is 220 g/mol.